The van der Waals surface area contributed by atoms with E-state index in [1.165, 1.54) is 18.2 Å². The third-order valence-electron chi connectivity index (χ3n) is 3.87. The number of aromatic nitrogens is 2. The van der Waals surface area contributed by atoms with Crippen molar-refractivity contribution in [1.29, 1.82) is 0 Å². The first kappa shape index (κ1) is 17.9. The Morgan fingerprint density at radius 3 is 2.77 bits per heavy atom. The summed E-state index contributed by atoms with van der Waals surface area (Å²) in [4.78, 5) is 28.2. The molecule has 0 unspecified atom stereocenters. The molecule has 0 saturated carbocycles. The standard InChI is InChI=1S/C18H16ClFN4O2/c1-24-15-7-6-11(10-14(15)23-18(24)19)17(26)21-9-8-16(25)22-13-5-3-2-4-12(13)20/h2-7,10H,8-9H2,1H3,(H,21,26)(H,22,25). The Bertz CT molecular complexity index is 986. The lowest BCUT2D eigenvalue weighted by Crippen LogP contribution is -2.27. The minimum Gasteiger partial charge on any atom is -0.352 e. The van der Waals surface area contributed by atoms with Crippen LogP contribution < -0.4 is 10.6 Å². The molecule has 134 valence electrons. The van der Waals surface area contributed by atoms with E-state index in [0.717, 1.165) is 5.52 Å². The van der Waals surface area contributed by atoms with Gasteiger partial charge in [0.25, 0.3) is 5.91 Å². The summed E-state index contributed by atoms with van der Waals surface area (Å²) >= 11 is 5.96. The molecule has 1 aromatic heterocycles. The van der Waals surface area contributed by atoms with Crippen LogP contribution in [0.3, 0.4) is 0 Å². The van der Waals surface area contributed by atoms with Crippen LogP contribution in [0.4, 0.5) is 10.1 Å². The van der Waals surface area contributed by atoms with Crippen LogP contribution in [0.5, 0.6) is 0 Å². The molecule has 0 aliphatic heterocycles. The lowest BCUT2D eigenvalue weighted by molar-refractivity contribution is -0.116. The number of aryl methyl sites for hydroxylation is 1. The number of halogens is 2. The predicted octanol–water partition coefficient (Wildman–Crippen LogP) is 3.12. The number of para-hydroxylation sites is 1. The average Bonchev–Trinajstić information content (AvgIpc) is 2.90. The number of rotatable bonds is 5. The second-order valence-electron chi connectivity index (χ2n) is 5.68. The van der Waals surface area contributed by atoms with E-state index >= 15 is 0 Å². The smallest absolute Gasteiger partial charge is 0.251 e. The van der Waals surface area contributed by atoms with E-state index in [4.69, 9.17) is 11.6 Å². The quantitative estimate of drug-likeness (QED) is 0.720. The third-order valence-corrected chi connectivity index (χ3v) is 4.21. The van der Waals surface area contributed by atoms with Crippen LogP contribution in [-0.4, -0.2) is 27.9 Å². The lowest BCUT2D eigenvalue weighted by Gasteiger charge is -2.07. The van der Waals surface area contributed by atoms with E-state index < -0.39 is 5.82 Å². The Morgan fingerprint density at radius 1 is 1.23 bits per heavy atom. The molecule has 3 aromatic rings. The van der Waals surface area contributed by atoms with E-state index in [0.29, 0.717) is 16.4 Å². The maximum Gasteiger partial charge on any atom is 0.251 e. The van der Waals surface area contributed by atoms with Crippen molar-refractivity contribution in [3.8, 4) is 0 Å². The second kappa shape index (κ2) is 7.53. The summed E-state index contributed by atoms with van der Waals surface area (Å²) in [6.45, 7) is 0.125. The fourth-order valence-corrected chi connectivity index (χ4v) is 2.66. The Morgan fingerprint density at radius 2 is 2.00 bits per heavy atom. The van der Waals surface area contributed by atoms with Gasteiger partial charge in [-0.25, -0.2) is 9.37 Å². The van der Waals surface area contributed by atoms with Gasteiger partial charge in [-0.15, -0.1) is 0 Å². The number of carbonyl (C=O) groups excluding carboxylic acids is 2. The lowest BCUT2D eigenvalue weighted by atomic mass is 10.2. The van der Waals surface area contributed by atoms with Crippen molar-refractivity contribution in [3.63, 3.8) is 0 Å². The molecule has 0 radical (unpaired) electrons. The minimum absolute atomic E-state index is 0.0255. The highest BCUT2D eigenvalue weighted by molar-refractivity contribution is 6.29. The van der Waals surface area contributed by atoms with Crippen molar-refractivity contribution in [3.05, 3.63) is 59.1 Å². The molecular weight excluding hydrogens is 359 g/mol. The first-order chi connectivity index (χ1) is 12.5. The van der Waals surface area contributed by atoms with E-state index in [2.05, 4.69) is 15.6 Å². The molecule has 0 fully saturated rings. The van der Waals surface area contributed by atoms with Crippen molar-refractivity contribution in [2.24, 2.45) is 7.05 Å². The number of imidazole rings is 1. The molecule has 2 aromatic carbocycles. The molecular formula is C18H16ClFN4O2. The third kappa shape index (κ3) is 3.83. The van der Waals surface area contributed by atoms with Crippen LogP contribution in [0.1, 0.15) is 16.8 Å². The van der Waals surface area contributed by atoms with Gasteiger partial charge in [-0.1, -0.05) is 12.1 Å². The summed E-state index contributed by atoms with van der Waals surface area (Å²) in [6, 6.07) is 11.0. The molecule has 6 nitrogen and oxygen atoms in total. The normalized spacial score (nSPS) is 10.7. The number of hydrogen-bond acceptors (Lipinski definition) is 3. The Balaban J connectivity index is 1.55. The highest BCUT2D eigenvalue weighted by Gasteiger charge is 2.11. The first-order valence-electron chi connectivity index (χ1n) is 7.90. The van der Waals surface area contributed by atoms with Crippen LogP contribution in [0.15, 0.2) is 42.5 Å². The van der Waals surface area contributed by atoms with Crippen molar-refractivity contribution < 1.29 is 14.0 Å². The van der Waals surface area contributed by atoms with E-state index in [9.17, 15) is 14.0 Å². The zero-order chi connectivity index (χ0) is 18.7. The zero-order valence-electron chi connectivity index (χ0n) is 13.9. The molecule has 0 aliphatic rings. The summed E-state index contributed by atoms with van der Waals surface area (Å²) < 4.78 is 15.2. The maximum absolute atomic E-state index is 13.5. The monoisotopic (exact) mass is 374 g/mol. The van der Waals surface area contributed by atoms with Crippen LogP contribution in [-0.2, 0) is 11.8 Å². The maximum atomic E-state index is 13.5. The van der Waals surface area contributed by atoms with Gasteiger partial charge in [0.2, 0.25) is 11.2 Å². The van der Waals surface area contributed by atoms with Gasteiger partial charge in [-0.05, 0) is 41.9 Å². The Hall–Kier alpha value is -2.93. The highest BCUT2D eigenvalue weighted by atomic mass is 35.5. The number of carbonyl (C=O) groups is 2. The number of anilines is 1. The fraction of sp³-hybridized carbons (Fsp3) is 0.167. The van der Waals surface area contributed by atoms with Gasteiger partial charge < -0.3 is 15.2 Å². The van der Waals surface area contributed by atoms with Crippen LogP contribution >= 0.6 is 11.6 Å². The molecule has 8 heteroatoms. The molecule has 0 aliphatic carbocycles. The van der Waals surface area contributed by atoms with Crippen molar-refractivity contribution >= 4 is 40.1 Å². The van der Waals surface area contributed by atoms with Crippen molar-refractivity contribution in [2.45, 2.75) is 6.42 Å². The Labute approximate surface area is 154 Å². The zero-order valence-corrected chi connectivity index (χ0v) is 14.7. The van der Waals surface area contributed by atoms with Gasteiger partial charge >= 0.3 is 0 Å². The molecule has 0 atom stereocenters. The molecule has 3 rings (SSSR count). The highest BCUT2D eigenvalue weighted by Crippen LogP contribution is 2.19. The van der Waals surface area contributed by atoms with Gasteiger partial charge in [0, 0.05) is 25.6 Å². The molecule has 2 amide bonds. The number of benzene rings is 2. The summed E-state index contributed by atoms with van der Waals surface area (Å²) in [5.74, 6) is -1.22. The topological polar surface area (TPSA) is 76.0 Å². The number of nitrogens with one attached hydrogen (secondary N) is 2. The number of hydrogen-bond donors (Lipinski definition) is 2. The molecule has 2 N–H and O–H groups in total. The fourth-order valence-electron chi connectivity index (χ4n) is 2.48. The van der Waals surface area contributed by atoms with Gasteiger partial charge in [0.1, 0.15) is 5.82 Å². The van der Waals surface area contributed by atoms with Crippen molar-refractivity contribution in [2.75, 3.05) is 11.9 Å². The van der Waals surface area contributed by atoms with Crippen LogP contribution in [0.2, 0.25) is 5.28 Å². The molecule has 0 bridgehead atoms. The predicted molar refractivity (Wildman–Crippen MR) is 97.7 cm³/mol. The SMILES string of the molecule is Cn1c(Cl)nc2cc(C(=O)NCCC(=O)Nc3ccccc3F)ccc21. The number of amides is 2. The molecule has 0 saturated heterocycles. The van der Waals surface area contributed by atoms with E-state index in [-0.39, 0.29) is 30.5 Å². The Kier molecular flexibility index (Phi) is 5.18. The minimum atomic E-state index is -0.507. The largest absolute Gasteiger partial charge is 0.352 e. The summed E-state index contributed by atoms with van der Waals surface area (Å²) in [6.07, 6.45) is 0.0255. The summed E-state index contributed by atoms with van der Waals surface area (Å²) in [7, 11) is 1.78. The first-order valence-corrected chi connectivity index (χ1v) is 8.28. The number of fused-ring (bicyclic) bond motifs is 1. The van der Waals surface area contributed by atoms with Gasteiger partial charge in [-0.2, -0.15) is 0 Å². The molecule has 0 spiro atoms. The summed E-state index contributed by atoms with van der Waals surface area (Å²) in [5, 5.41) is 5.46. The van der Waals surface area contributed by atoms with Gasteiger partial charge in [-0.3, -0.25) is 9.59 Å². The molecule has 1 heterocycles. The van der Waals surface area contributed by atoms with E-state index in [1.807, 2.05) is 0 Å². The van der Waals surface area contributed by atoms with Crippen molar-refractivity contribution in [1.82, 2.24) is 14.9 Å². The summed E-state index contributed by atoms with van der Waals surface area (Å²) in [5.41, 5.74) is 1.96. The van der Waals surface area contributed by atoms with Gasteiger partial charge in [0.15, 0.2) is 0 Å². The molecule has 26 heavy (non-hydrogen) atoms. The second-order valence-corrected chi connectivity index (χ2v) is 6.02. The van der Waals surface area contributed by atoms with Crippen LogP contribution in [0.25, 0.3) is 11.0 Å². The van der Waals surface area contributed by atoms with Crippen LogP contribution in [0, 0.1) is 5.82 Å². The van der Waals surface area contributed by atoms with E-state index in [1.54, 1.807) is 35.9 Å². The number of nitrogens with zero attached hydrogens (tertiary/aromatic N) is 2. The average molecular weight is 375 g/mol. The van der Waals surface area contributed by atoms with Gasteiger partial charge in [0.05, 0.1) is 16.7 Å².